The number of fused-ring (bicyclic) bond motifs is 1. The molecule has 1 N–H and O–H groups in total. The van der Waals surface area contributed by atoms with Crippen molar-refractivity contribution in [2.24, 2.45) is 0 Å². The SMILES string of the molecule is Cc1c(C(=O)O)sc2nc(Cc3ccc([N+](=O)[O-])cc3)n(CCF)c(=O)c12. The van der Waals surface area contributed by atoms with Crippen LogP contribution in [0.4, 0.5) is 10.1 Å². The molecule has 0 aliphatic heterocycles. The number of carbonyl (C=O) groups is 1. The fraction of sp³-hybridized carbons (Fsp3) is 0.235. The van der Waals surface area contributed by atoms with Crippen molar-refractivity contribution >= 4 is 33.2 Å². The summed E-state index contributed by atoms with van der Waals surface area (Å²) in [6.07, 6.45) is 0.155. The number of carboxylic acids is 1. The monoisotopic (exact) mass is 391 g/mol. The van der Waals surface area contributed by atoms with Crippen LogP contribution in [0.15, 0.2) is 29.1 Å². The van der Waals surface area contributed by atoms with Crippen molar-refractivity contribution in [2.45, 2.75) is 19.9 Å². The van der Waals surface area contributed by atoms with Gasteiger partial charge in [0.05, 0.1) is 16.9 Å². The summed E-state index contributed by atoms with van der Waals surface area (Å²) in [6, 6.07) is 5.75. The molecule has 0 aliphatic rings. The van der Waals surface area contributed by atoms with E-state index >= 15 is 0 Å². The second-order valence-corrected chi connectivity index (χ2v) is 6.81. The number of aromatic carboxylic acids is 1. The number of aryl methyl sites for hydroxylation is 1. The van der Waals surface area contributed by atoms with Gasteiger partial charge in [-0.05, 0) is 18.1 Å². The van der Waals surface area contributed by atoms with Crippen LogP contribution in [0.3, 0.4) is 0 Å². The van der Waals surface area contributed by atoms with E-state index in [-0.39, 0.29) is 39.6 Å². The van der Waals surface area contributed by atoms with E-state index < -0.39 is 23.1 Å². The van der Waals surface area contributed by atoms with Crippen molar-refractivity contribution in [3.05, 3.63) is 66.6 Å². The summed E-state index contributed by atoms with van der Waals surface area (Å²) in [5.41, 5.74) is 0.416. The molecular weight excluding hydrogens is 377 g/mol. The lowest BCUT2D eigenvalue weighted by Crippen LogP contribution is -2.26. The van der Waals surface area contributed by atoms with E-state index in [1.165, 1.54) is 35.8 Å². The molecule has 0 aliphatic carbocycles. The van der Waals surface area contributed by atoms with Gasteiger partial charge >= 0.3 is 5.97 Å². The maximum atomic E-state index is 13.0. The van der Waals surface area contributed by atoms with Crippen LogP contribution in [0.2, 0.25) is 0 Å². The number of thiophene rings is 1. The Hall–Kier alpha value is -3.14. The van der Waals surface area contributed by atoms with E-state index in [1.807, 2.05) is 0 Å². The highest BCUT2D eigenvalue weighted by Gasteiger charge is 2.21. The van der Waals surface area contributed by atoms with Crippen LogP contribution in [0.25, 0.3) is 10.2 Å². The maximum Gasteiger partial charge on any atom is 0.346 e. The zero-order valence-electron chi connectivity index (χ0n) is 14.1. The Balaban J connectivity index is 2.13. The Labute approximate surface area is 155 Å². The van der Waals surface area contributed by atoms with Crippen LogP contribution in [0, 0.1) is 17.0 Å². The first-order valence-electron chi connectivity index (χ1n) is 7.89. The number of aromatic nitrogens is 2. The lowest BCUT2D eigenvalue weighted by Gasteiger charge is -2.11. The number of non-ortho nitro benzene ring substituents is 1. The van der Waals surface area contributed by atoms with Crippen LogP contribution >= 0.6 is 11.3 Å². The van der Waals surface area contributed by atoms with Gasteiger partial charge in [-0.25, -0.2) is 14.2 Å². The van der Waals surface area contributed by atoms with Crippen LogP contribution in [0.1, 0.15) is 26.6 Å². The number of hydrogen-bond acceptors (Lipinski definition) is 6. The van der Waals surface area contributed by atoms with E-state index in [9.17, 15) is 29.2 Å². The van der Waals surface area contributed by atoms with E-state index in [2.05, 4.69) is 4.98 Å². The standard InChI is InChI=1S/C17H14FN3O5S/c1-9-13-15(27-14(9)17(23)24)19-12(20(7-6-18)16(13)22)8-10-2-4-11(5-3-10)21(25)26/h2-5H,6-8H2,1H3,(H,23,24). The lowest BCUT2D eigenvalue weighted by atomic mass is 10.1. The molecular formula is C17H14FN3O5S. The molecule has 27 heavy (non-hydrogen) atoms. The van der Waals surface area contributed by atoms with Crippen molar-refractivity contribution in [1.29, 1.82) is 0 Å². The number of halogens is 1. The fourth-order valence-electron chi connectivity index (χ4n) is 2.83. The Bertz CT molecular complexity index is 1100. The smallest absolute Gasteiger partial charge is 0.346 e. The van der Waals surface area contributed by atoms with E-state index in [0.717, 1.165) is 11.3 Å². The second-order valence-electron chi connectivity index (χ2n) is 5.82. The predicted molar refractivity (Wildman–Crippen MR) is 97.5 cm³/mol. The summed E-state index contributed by atoms with van der Waals surface area (Å²) in [5, 5.41) is 20.2. The molecule has 0 amide bonds. The number of nitro benzene ring substituents is 1. The minimum Gasteiger partial charge on any atom is -0.477 e. The summed E-state index contributed by atoms with van der Waals surface area (Å²) in [4.78, 5) is 39.1. The number of alkyl halides is 1. The molecule has 0 bridgehead atoms. The number of carboxylic acid groups (broad SMARTS) is 1. The third-order valence-electron chi connectivity index (χ3n) is 4.14. The minimum absolute atomic E-state index is 0.0221. The van der Waals surface area contributed by atoms with Gasteiger partial charge in [-0.1, -0.05) is 12.1 Å². The van der Waals surface area contributed by atoms with E-state index in [1.54, 1.807) is 0 Å². The first kappa shape index (κ1) is 18.6. The largest absolute Gasteiger partial charge is 0.477 e. The number of nitro groups is 1. The molecule has 0 atom stereocenters. The molecule has 2 heterocycles. The topological polar surface area (TPSA) is 115 Å². The van der Waals surface area contributed by atoms with Gasteiger partial charge in [-0.3, -0.25) is 19.5 Å². The Morgan fingerprint density at radius 2 is 2.04 bits per heavy atom. The number of rotatable bonds is 6. The predicted octanol–water partition coefficient (Wildman–Crippen LogP) is 2.93. The normalized spacial score (nSPS) is 11.0. The quantitative estimate of drug-likeness (QED) is 0.510. The van der Waals surface area contributed by atoms with E-state index in [4.69, 9.17) is 0 Å². The second kappa shape index (κ2) is 7.23. The molecule has 0 unspecified atom stereocenters. The van der Waals surface area contributed by atoms with Gasteiger partial charge < -0.3 is 5.11 Å². The summed E-state index contributed by atoms with van der Waals surface area (Å²) in [5.74, 6) is -0.874. The van der Waals surface area contributed by atoms with Crippen LogP contribution in [-0.2, 0) is 13.0 Å². The van der Waals surface area contributed by atoms with Crippen molar-refractivity contribution in [3.8, 4) is 0 Å². The van der Waals surface area contributed by atoms with Gasteiger partial charge in [0, 0.05) is 18.6 Å². The molecule has 0 radical (unpaired) electrons. The highest BCUT2D eigenvalue weighted by molar-refractivity contribution is 7.20. The first-order chi connectivity index (χ1) is 12.8. The molecule has 10 heteroatoms. The molecule has 2 aromatic heterocycles. The molecule has 3 rings (SSSR count). The van der Waals surface area contributed by atoms with Gasteiger partial charge in [0.1, 0.15) is 22.2 Å². The molecule has 140 valence electrons. The van der Waals surface area contributed by atoms with Gasteiger partial charge in [-0.15, -0.1) is 11.3 Å². The molecule has 8 nitrogen and oxygen atoms in total. The Morgan fingerprint density at radius 3 is 2.59 bits per heavy atom. The number of hydrogen-bond donors (Lipinski definition) is 1. The number of benzene rings is 1. The molecule has 0 spiro atoms. The van der Waals surface area contributed by atoms with Crippen LogP contribution in [0.5, 0.6) is 0 Å². The Kier molecular flexibility index (Phi) is 5.00. The molecule has 0 saturated heterocycles. The van der Waals surface area contributed by atoms with Crippen molar-refractivity contribution < 1.29 is 19.2 Å². The summed E-state index contributed by atoms with van der Waals surface area (Å²) >= 11 is 0.897. The number of nitrogens with zero attached hydrogens (tertiary/aromatic N) is 3. The van der Waals surface area contributed by atoms with Crippen molar-refractivity contribution in [3.63, 3.8) is 0 Å². The van der Waals surface area contributed by atoms with Crippen LogP contribution in [-0.4, -0.2) is 32.2 Å². The maximum absolute atomic E-state index is 13.0. The molecule has 0 fully saturated rings. The van der Waals surface area contributed by atoms with Crippen molar-refractivity contribution in [1.82, 2.24) is 9.55 Å². The zero-order valence-corrected chi connectivity index (χ0v) is 15.0. The third kappa shape index (κ3) is 3.43. The summed E-state index contributed by atoms with van der Waals surface area (Å²) < 4.78 is 14.2. The Morgan fingerprint density at radius 1 is 1.37 bits per heavy atom. The fourth-order valence-corrected chi connectivity index (χ4v) is 3.86. The van der Waals surface area contributed by atoms with Gasteiger partial charge in [0.15, 0.2) is 0 Å². The summed E-state index contributed by atoms with van der Waals surface area (Å²) in [6.45, 7) is 0.540. The third-order valence-corrected chi connectivity index (χ3v) is 5.31. The highest BCUT2D eigenvalue weighted by atomic mass is 32.1. The first-order valence-corrected chi connectivity index (χ1v) is 8.70. The highest BCUT2D eigenvalue weighted by Crippen LogP contribution is 2.28. The van der Waals surface area contributed by atoms with Gasteiger partial charge in [0.25, 0.3) is 11.2 Å². The van der Waals surface area contributed by atoms with Crippen molar-refractivity contribution in [2.75, 3.05) is 6.67 Å². The average molecular weight is 391 g/mol. The molecule has 0 saturated carbocycles. The minimum atomic E-state index is -1.15. The van der Waals surface area contributed by atoms with E-state index in [0.29, 0.717) is 11.1 Å². The molecule has 1 aromatic carbocycles. The van der Waals surface area contributed by atoms with Gasteiger partial charge in [0.2, 0.25) is 0 Å². The summed E-state index contributed by atoms with van der Waals surface area (Å²) in [7, 11) is 0. The van der Waals surface area contributed by atoms with Gasteiger partial charge in [-0.2, -0.15) is 0 Å². The van der Waals surface area contributed by atoms with Crippen LogP contribution < -0.4 is 5.56 Å². The zero-order chi connectivity index (χ0) is 19.7. The average Bonchev–Trinajstić information content (AvgIpc) is 2.95. The lowest BCUT2D eigenvalue weighted by molar-refractivity contribution is -0.384. The molecule has 3 aromatic rings.